The van der Waals surface area contributed by atoms with Crippen LogP contribution in [-0.4, -0.2) is 27.0 Å². The lowest BCUT2D eigenvalue weighted by Gasteiger charge is -2.24. The van der Waals surface area contributed by atoms with Gasteiger partial charge in [-0.25, -0.2) is 4.98 Å². The van der Waals surface area contributed by atoms with Crippen molar-refractivity contribution in [3.8, 4) is 17.1 Å². The Morgan fingerprint density at radius 3 is 2.55 bits per heavy atom. The average molecular weight is 459 g/mol. The smallest absolute Gasteiger partial charge is 0.221 e. The van der Waals surface area contributed by atoms with Gasteiger partial charge in [-0.2, -0.15) is 0 Å². The molecule has 0 bridgehead atoms. The molecular weight excluding hydrogens is 432 g/mol. The second-order valence-corrected chi connectivity index (χ2v) is 9.44. The average Bonchev–Trinajstić information content (AvgIpc) is 3.23. The highest BCUT2D eigenvalue weighted by atomic mass is 32.2. The molecule has 2 heterocycles. The fraction of sp³-hybridized carbons (Fsp3) is 0.269. The summed E-state index contributed by atoms with van der Waals surface area (Å²) in [7, 11) is 0. The highest BCUT2D eigenvalue weighted by Gasteiger charge is 2.19. The molecule has 1 saturated carbocycles. The van der Waals surface area contributed by atoms with Crippen molar-refractivity contribution in [2.75, 3.05) is 5.32 Å². The number of hydrogen-bond acceptors (Lipinski definition) is 5. The Balaban J connectivity index is 1.48. The van der Waals surface area contributed by atoms with Crippen molar-refractivity contribution in [3.05, 3.63) is 60.9 Å². The molecule has 2 aromatic carbocycles. The van der Waals surface area contributed by atoms with E-state index in [9.17, 15) is 4.79 Å². The van der Waals surface area contributed by atoms with Gasteiger partial charge in [-0.1, -0.05) is 18.2 Å². The summed E-state index contributed by atoms with van der Waals surface area (Å²) in [5.41, 5.74) is 3.56. The zero-order valence-corrected chi connectivity index (χ0v) is 19.3. The summed E-state index contributed by atoms with van der Waals surface area (Å²) in [5.74, 6) is 1.60. The van der Waals surface area contributed by atoms with Gasteiger partial charge in [0, 0.05) is 41.5 Å². The van der Waals surface area contributed by atoms with E-state index in [1.165, 1.54) is 26.2 Å². The van der Waals surface area contributed by atoms with Gasteiger partial charge in [0.05, 0.1) is 22.0 Å². The number of carbonyl (C=O) groups is 1. The maximum atomic E-state index is 11.3. The van der Waals surface area contributed by atoms with Gasteiger partial charge in [0.1, 0.15) is 11.6 Å². The lowest BCUT2D eigenvalue weighted by molar-refractivity contribution is -0.114. The summed E-state index contributed by atoms with van der Waals surface area (Å²) in [6, 6.07) is 15.9. The van der Waals surface area contributed by atoms with Gasteiger partial charge in [-0.3, -0.25) is 9.78 Å². The molecule has 2 N–H and O–H groups in total. The van der Waals surface area contributed by atoms with Crippen LogP contribution < -0.4 is 10.1 Å². The van der Waals surface area contributed by atoms with Crippen LogP contribution in [0.4, 0.5) is 5.69 Å². The molecule has 0 atom stereocenters. The Morgan fingerprint density at radius 1 is 1.06 bits per heavy atom. The molecule has 0 spiro atoms. The molecule has 1 amide bonds. The first-order valence-electron chi connectivity index (χ1n) is 11.3. The van der Waals surface area contributed by atoms with Crippen molar-refractivity contribution in [1.82, 2.24) is 15.0 Å². The number of aromatic amines is 1. The number of ether oxygens (including phenoxy) is 1. The number of pyridine rings is 1. The lowest BCUT2D eigenvalue weighted by atomic mass is 9.98. The largest absolute Gasteiger partial charge is 0.489 e. The van der Waals surface area contributed by atoms with Crippen molar-refractivity contribution in [3.63, 3.8) is 0 Å². The monoisotopic (exact) mass is 458 g/mol. The number of nitrogens with zero attached hydrogens (tertiary/aromatic N) is 2. The molecule has 1 aliphatic carbocycles. The van der Waals surface area contributed by atoms with Crippen LogP contribution in [0.1, 0.15) is 39.0 Å². The Morgan fingerprint density at radius 2 is 1.82 bits per heavy atom. The molecule has 33 heavy (non-hydrogen) atoms. The van der Waals surface area contributed by atoms with Gasteiger partial charge in [-0.05, 0) is 68.1 Å². The normalized spacial score (nSPS) is 14.3. The van der Waals surface area contributed by atoms with E-state index in [-0.39, 0.29) is 12.0 Å². The number of H-pyrrole nitrogens is 1. The third-order valence-electron chi connectivity index (χ3n) is 5.75. The highest BCUT2D eigenvalue weighted by molar-refractivity contribution is 7.99. The summed E-state index contributed by atoms with van der Waals surface area (Å²) in [6.45, 7) is 1.50. The van der Waals surface area contributed by atoms with E-state index >= 15 is 0 Å². The second-order valence-electron chi connectivity index (χ2n) is 8.32. The molecule has 1 aliphatic rings. The maximum absolute atomic E-state index is 11.3. The van der Waals surface area contributed by atoms with Crippen LogP contribution in [-0.2, 0) is 4.79 Å². The predicted octanol–water partition coefficient (Wildman–Crippen LogP) is 6.45. The molecule has 168 valence electrons. The van der Waals surface area contributed by atoms with E-state index in [2.05, 4.69) is 27.4 Å². The van der Waals surface area contributed by atoms with Crippen LogP contribution in [0.25, 0.3) is 22.4 Å². The van der Waals surface area contributed by atoms with Crippen LogP contribution in [0.2, 0.25) is 0 Å². The van der Waals surface area contributed by atoms with Crippen LogP contribution >= 0.6 is 11.8 Å². The number of hydrogen-bond donors (Lipinski definition) is 2. The number of benzene rings is 2. The predicted molar refractivity (Wildman–Crippen MR) is 132 cm³/mol. The lowest BCUT2D eigenvalue weighted by Crippen LogP contribution is -2.19. The minimum Gasteiger partial charge on any atom is -0.489 e. The molecule has 0 aliphatic heterocycles. The number of carbonyl (C=O) groups excluding carboxylic acids is 1. The van der Waals surface area contributed by atoms with Gasteiger partial charge < -0.3 is 15.0 Å². The number of imidazole rings is 1. The second kappa shape index (κ2) is 9.67. The van der Waals surface area contributed by atoms with Crippen molar-refractivity contribution in [1.29, 1.82) is 0 Å². The fourth-order valence-electron chi connectivity index (χ4n) is 4.14. The zero-order chi connectivity index (χ0) is 22.6. The fourth-order valence-corrected chi connectivity index (χ4v) is 5.03. The van der Waals surface area contributed by atoms with Crippen LogP contribution in [0.15, 0.2) is 70.7 Å². The van der Waals surface area contributed by atoms with Gasteiger partial charge >= 0.3 is 0 Å². The first kappa shape index (κ1) is 21.5. The standard InChI is InChI=1S/C26H26N4O2S/c1-17(31)28-19-9-7-18(8-10-19)26-29-22-15-24(32-20-5-3-2-4-6-20)25(16-23(22)30-26)33-21-11-13-27-14-12-21/h7-16,20H,2-6H2,1H3,(H,28,31)(H,29,30). The summed E-state index contributed by atoms with van der Waals surface area (Å²) >= 11 is 1.67. The van der Waals surface area contributed by atoms with E-state index in [4.69, 9.17) is 9.72 Å². The molecule has 2 aromatic heterocycles. The van der Waals surface area contributed by atoms with E-state index in [1.807, 2.05) is 36.4 Å². The first-order chi connectivity index (χ1) is 16.1. The van der Waals surface area contributed by atoms with Crippen molar-refractivity contribution in [2.24, 2.45) is 0 Å². The third-order valence-corrected chi connectivity index (χ3v) is 6.80. The molecular formula is C26H26N4O2S. The Labute approximate surface area is 197 Å². The number of fused-ring (bicyclic) bond motifs is 1. The number of amides is 1. The van der Waals surface area contributed by atoms with E-state index in [1.54, 1.807) is 24.2 Å². The number of nitrogens with one attached hydrogen (secondary N) is 2. The van der Waals surface area contributed by atoms with Crippen LogP contribution in [0, 0.1) is 0 Å². The van der Waals surface area contributed by atoms with E-state index in [0.29, 0.717) is 0 Å². The Hall–Kier alpha value is -3.32. The molecule has 6 nitrogen and oxygen atoms in total. The van der Waals surface area contributed by atoms with Crippen LogP contribution in [0.5, 0.6) is 5.75 Å². The van der Waals surface area contributed by atoms with Gasteiger partial charge in [0.2, 0.25) is 5.91 Å². The summed E-state index contributed by atoms with van der Waals surface area (Å²) < 4.78 is 6.51. The quantitative estimate of drug-likeness (QED) is 0.347. The Bertz CT molecular complexity index is 1250. The highest BCUT2D eigenvalue weighted by Crippen LogP contribution is 2.39. The van der Waals surface area contributed by atoms with E-state index in [0.717, 1.165) is 56.5 Å². The number of rotatable bonds is 6. The van der Waals surface area contributed by atoms with Gasteiger partial charge in [0.25, 0.3) is 0 Å². The summed E-state index contributed by atoms with van der Waals surface area (Å²) in [5, 5.41) is 2.79. The molecule has 0 radical (unpaired) electrons. The number of aromatic nitrogens is 3. The van der Waals surface area contributed by atoms with Crippen molar-refractivity contribution < 1.29 is 9.53 Å². The summed E-state index contributed by atoms with van der Waals surface area (Å²) in [4.78, 5) is 25.9. The zero-order valence-electron chi connectivity index (χ0n) is 18.5. The minimum atomic E-state index is -0.0868. The molecule has 5 rings (SSSR count). The van der Waals surface area contributed by atoms with E-state index < -0.39 is 0 Å². The molecule has 0 saturated heterocycles. The topological polar surface area (TPSA) is 79.9 Å². The molecule has 1 fully saturated rings. The third kappa shape index (κ3) is 5.20. The maximum Gasteiger partial charge on any atom is 0.221 e. The van der Waals surface area contributed by atoms with Gasteiger partial charge in [-0.15, -0.1) is 0 Å². The molecule has 7 heteroatoms. The van der Waals surface area contributed by atoms with Crippen LogP contribution in [0.3, 0.4) is 0 Å². The first-order valence-corrected chi connectivity index (χ1v) is 12.1. The van der Waals surface area contributed by atoms with Crippen molar-refractivity contribution >= 4 is 34.4 Å². The molecule has 0 unspecified atom stereocenters. The number of anilines is 1. The van der Waals surface area contributed by atoms with Crippen molar-refractivity contribution in [2.45, 2.75) is 54.9 Å². The minimum absolute atomic E-state index is 0.0868. The summed E-state index contributed by atoms with van der Waals surface area (Å²) in [6.07, 6.45) is 9.82. The Kier molecular flexibility index (Phi) is 6.30. The van der Waals surface area contributed by atoms with Gasteiger partial charge in [0.15, 0.2) is 0 Å². The molecule has 4 aromatic rings. The SMILES string of the molecule is CC(=O)Nc1ccc(-c2nc3cc(Sc4ccncc4)c(OC4CCCCC4)cc3[nH]2)cc1.